The summed E-state index contributed by atoms with van der Waals surface area (Å²) in [4.78, 5) is 6.77. The molecule has 7 nitrogen and oxygen atoms in total. The predicted octanol–water partition coefficient (Wildman–Crippen LogP) is 2.64. The second-order valence-electron chi connectivity index (χ2n) is 4.76. The van der Waals surface area contributed by atoms with Gasteiger partial charge in [0.1, 0.15) is 16.5 Å². The number of aliphatic imine (C=N–C) groups is 1. The average Bonchev–Trinajstić information content (AvgIpc) is 2.57. The summed E-state index contributed by atoms with van der Waals surface area (Å²) in [6, 6.07) is 5.24. The van der Waals surface area contributed by atoms with Gasteiger partial charge in [0.15, 0.2) is 11.5 Å². The molecule has 0 spiro atoms. The average molecular weight is 344 g/mol. The molecule has 1 aromatic carbocycles. The van der Waals surface area contributed by atoms with Crippen LogP contribution in [-0.4, -0.2) is 37.6 Å². The van der Waals surface area contributed by atoms with E-state index in [-0.39, 0.29) is 33.3 Å². The number of phenols is 1. The van der Waals surface area contributed by atoms with Crippen molar-refractivity contribution in [1.29, 1.82) is 5.26 Å². The number of nitrogens with two attached hydrogens (primary N) is 1. The minimum absolute atomic E-state index is 0.137. The van der Waals surface area contributed by atoms with Crippen LogP contribution < -0.4 is 15.2 Å². The fourth-order valence-electron chi connectivity index (χ4n) is 2.34. The third-order valence-corrected chi connectivity index (χ3v) is 3.73. The second kappa shape index (κ2) is 7.02. The Bertz CT molecular complexity index is 888. The van der Waals surface area contributed by atoms with E-state index in [1.54, 1.807) is 19.2 Å². The number of aromatic nitrogens is 1. The number of aromatic hydroxyl groups is 1. The van der Waals surface area contributed by atoms with Crippen LogP contribution in [0.1, 0.15) is 11.1 Å². The molecule has 1 heterocycles. The van der Waals surface area contributed by atoms with Crippen LogP contribution in [0, 0.1) is 16.0 Å². The number of methoxy groups -OCH3 is 2. The summed E-state index contributed by atoms with van der Waals surface area (Å²) < 4.78 is 10.6. The van der Waals surface area contributed by atoms with Crippen molar-refractivity contribution in [2.75, 3.05) is 27.0 Å². The van der Waals surface area contributed by atoms with Crippen molar-refractivity contribution < 1.29 is 14.6 Å². The zero-order valence-corrected chi connectivity index (χ0v) is 14.2. The van der Waals surface area contributed by atoms with Gasteiger partial charge in [0.2, 0.25) is 5.75 Å². The Morgan fingerprint density at radius 1 is 1.33 bits per heavy atom. The monoisotopic (exact) mass is 344 g/mol. The highest BCUT2D eigenvalue weighted by atomic mass is 32.1. The maximum absolute atomic E-state index is 10.1. The molecule has 0 unspecified atom stereocenters. The molecule has 0 saturated heterocycles. The first-order valence-electron chi connectivity index (χ1n) is 6.81. The van der Waals surface area contributed by atoms with Crippen molar-refractivity contribution in [3.63, 3.8) is 0 Å². The fourth-order valence-corrected chi connectivity index (χ4v) is 2.60. The summed E-state index contributed by atoms with van der Waals surface area (Å²) in [6.45, 7) is 0. The summed E-state index contributed by atoms with van der Waals surface area (Å²) >= 11 is 5.20. The molecule has 1 aromatic heterocycles. The highest BCUT2D eigenvalue weighted by molar-refractivity contribution is 7.71. The van der Waals surface area contributed by atoms with E-state index in [0.29, 0.717) is 16.7 Å². The van der Waals surface area contributed by atoms with Crippen molar-refractivity contribution in [3.05, 3.63) is 27.9 Å². The van der Waals surface area contributed by atoms with E-state index in [1.807, 2.05) is 0 Å². The number of H-pyrrole nitrogens is 1. The van der Waals surface area contributed by atoms with Crippen molar-refractivity contribution in [2.24, 2.45) is 4.99 Å². The molecule has 2 aromatic rings. The Hall–Kier alpha value is -3.05. The van der Waals surface area contributed by atoms with Gasteiger partial charge in [-0.3, -0.25) is 4.99 Å². The number of hydrogen-bond donors (Lipinski definition) is 3. The highest BCUT2D eigenvalue weighted by Crippen LogP contribution is 2.42. The Morgan fingerprint density at radius 2 is 1.92 bits per heavy atom. The van der Waals surface area contributed by atoms with Crippen LogP contribution in [-0.2, 0) is 0 Å². The lowest BCUT2D eigenvalue weighted by molar-refractivity contribution is 0.340. The minimum atomic E-state index is -0.137. The van der Waals surface area contributed by atoms with Crippen LogP contribution in [0.15, 0.2) is 17.1 Å². The zero-order valence-electron chi connectivity index (χ0n) is 13.4. The number of nitrogen functional groups attached to an aromatic ring is 1. The first-order chi connectivity index (χ1) is 11.5. The molecule has 0 aliphatic rings. The lowest BCUT2D eigenvalue weighted by atomic mass is 9.96. The van der Waals surface area contributed by atoms with Crippen LogP contribution in [0.3, 0.4) is 0 Å². The summed E-state index contributed by atoms with van der Waals surface area (Å²) in [5.74, 6) is 0.544. The molecule has 0 saturated carbocycles. The molecule has 4 N–H and O–H groups in total. The van der Waals surface area contributed by atoms with Gasteiger partial charge in [0.05, 0.1) is 19.8 Å². The van der Waals surface area contributed by atoms with Gasteiger partial charge in [-0.05, 0) is 17.7 Å². The molecule has 124 valence electrons. The minimum Gasteiger partial charge on any atom is -0.502 e. The largest absolute Gasteiger partial charge is 0.502 e. The summed E-state index contributed by atoms with van der Waals surface area (Å²) in [7, 11) is 4.43. The molecule has 0 aliphatic carbocycles. The topological polar surface area (TPSA) is 117 Å². The number of aromatic amines is 1. The van der Waals surface area contributed by atoms with Crippen LogP contribution in [0.25, 0.3) is 11.1 Å². The number of nitrogens with zero attached hydrogens (tertiary/aromatic N) is 2. The SMILES string of the molecule is CN=Cc1c(N)[nH]c(=S)c(C#N)c1-c1cc(OC)c(O)c(OC)c1. The Balaban J connectivity index is 2.96. The van der Waals surface area contributed by atoms with Gasteiger partial charge in [-0.2, -0.15) is 5.26 Å². The van der Waals surface area contributed by atoms with Crippen molar-refractivity contribution in [1.82, 2.24) is 4.98 Å². The number of hydrogen-bond acceptors (Lipinski definition) is 7. The maximum atomic E-state index is 10.1. The van der Waals surface area contributed by atoms with Crippen LogP contribution in [0.2, 0.25) is 0 Å². The Kier molecular flexibility index (Phi) is 5.06. The standard InChI is InChI=1S/C16H16N4O3S/c1-19-7-10-13(9(6-17)16(24)20-15(10)18)8-4-11(22-2)14(21)12(5-8)23-3/h4-5,7,21H,1-3H3,(H3,18,20,24). The van der Waals surface area contributed by atoms with Crippen LogP contribution in [0.4, 0.5) is 5.82 Å². The number of ether oxygens (including phenoxy) is 2. The van der Waals surface area contributed by atoms with E-state index in [9.17, 15) is 10.4 Å². The van der Waals surface area contributed by atoms with Gasteiger partial charge in [-0.1, -0.05) is 12.2 Å². The number of rotatable bonds is 4. The first kappa shape index (κ1) is 17.3. The summed E-state index contributed by atoms with van der Waals surface area (Å²) in [5.41, 5.74) is 7.80. The van der Waals surface area contributed by atoms with Crippen LogP contribution >= 0.6 is 12.2 Å². The third kappa shape index (κ3) is 2.89. The van der Waals surface area contributed by atoms with E-state index in [0.717, 1.165) is 0 Å². The molecular formula is C16H16N4O3S. The number of nitrogens with one attached hydrogen (secondary N) is 1. The molecular weight excluding hydrogens is 328 g/mol. The number of pyridine rings is 1. The summed E-state index contributed by atoms with van der Waals surface area (Å²) in [5, 5.41) is 19.6. The van der Waals surface area contributed by atoms with Crippen LogP contribution in [0.5, 0.6) is 17.2 Å². The molecule has 0 radical (unpaired) electrons. The van der Waals surface area contributed by atoms with E-state index < -0.39 is 0 Å². The number of phenolic OH excluding ortho intramolecular Hbond substituents is 1. The van der Waals surface area contributed by atoms with Crippen molar-refractivity contribution in [3.8, 4) is 34.4 Å². The van der Waals surface area contributed by atoms with Gasteiger partial charge >= 0.3 is 0 Å². The molecule has 2 rings (SSSR count). The zero-order chi connectivity index (χ0) is 17.9. The molecule has 0 atom stereocenters. The van der Waals surface area contributed by atoms with Gasteiger partial charge in [-0.15, -0.1) is 0 Å². The molecule has 0 amide bonds. The quantitative estimate of drug-likeness (QED) is 0.580. The van der Waals surface area contributed by atoms with E-state index in [1.165, 1.54) is 20.4 Å². The molecule has 0 fully saturated rings. The van der Waals surface area contributed by atoms with Crippen molar-refractivity contribution >= 4 is 24.3 Å². The molecule has 0 bridgehead atoms. The third-order valence-electron chi connectivity index (χ3n) is 3.42. The van der Waals surface area contributed by atoms with Gasteiger partial charge in [0, 0.05) is 24.4 Å². The number of benzene rings is 1. The smallest absolute Gasteiger partial charge is 0.200 e. The highest BCUT2D eigenvalue weighted by Gasteiger charge is 2.19. The first-order valence-corrected chi connectivity index (χ1v) is 7.22. The fraction of sp³-hybridized carbons (Fsp3) is 0.188. The molecule has 0 aliphatic heterocycles. The van der Waals surface area contributed by atoms with Crippen molar-refractivity contribution in [2.45, 2.75) is 0 Å². The lowest BCUT2D eigenvalue weighted by Gasteiger charge is -2.15. The van der Waals surface area contributed by atoms with E-state index >= 15 is 0 Å². The second-order valence-corrected chi connectivity index (χ2v) is 5.17. The lowest BCUT2D eigenvalue weighted by Crippen LogP contribution is -2.04. The normalized spacial score (nSPS) is 10.6. The Labute approximate surface area is 144 Å². The van der Waals surface area contributed by atoms with Gasteiger partial charge in [0.25, 0.3) is 0 Å². The predicted molar refractivity (Wildman–Crippen MR) is 94.5 cm³/mol. The Morgan fingerprint density at radius 3 is 2.38 bits per heavy atom. The number of nitriles is 1. The number of anilines is 1. The molecule has 8 heteroatoms. The van der Waals surface area contributed by atoms with E-state index in [2.05, 4.69) is 16.0 Å². The molecule has 24 heavy (non-hydrogen) atoms. The van der Waals surface area contributed by atoms with Gasteiger partial charge < -0.3 is 25.3 Å². The summed E-state index contributed by atoms with van der Waals surface area (Å²) in [6.07, 6.45) is 1.53. The van der Waals surface area contributed by atoms with E-state index in [4.69, 9.17) is 27.4 Å². The maximum Gasteiger partial charge on any atom is 0.200 e. The van der Waals surface area contributed by atoms with Gasteiger partial charge in [-0.25, -0.2) is 0 Å².